The number of allylic oxidation sites excluding steroid dienone is 6. The number of H-pyrrole nitrogens is 1. The number of aromatic amines is 1. The molecule has 2 N–H and O–H groups in total. The van der Waals surface area contributed by atoms with Crippen LogP contribution in [-0.2, 0) is 4.79 Å². The van der Waals surface area contributed by atoms with Crippen molar-refractivity contribution in [3.05, 3.63) is 66.4 Å². The third-order valence-corrected chi connectivity index (χ3v) is 3.98. The van der Waals surface area contributed by atoms with E-state index in [1.165, 1.54) is 30.6 Å². The number of nitrogens with zero attached hydrogens (tertiary/aromatic N) is 2. The van der Waals surface area contributed by atoms with E-state index in [2.05, 4.69) is 33.4 Å². The molecule has 1 aliphatic carbocycles. The first-order valence-electron chi connectivity index (χ1n) is 8.08. The lowest BCUT2D eigenvalue weighted by Gasteiger charge is -2.18. The second-order valence-corrected chi connectivity index (χ2v) is 5.64. The van der Waals surface area contributed by atoms with Gasteiger partial charge in [0.05, 0.1) is 5.69 Å². The summed E-state index contributed by atoms with van der Waals surface area (Å²) in [4.78, 5) is 11.4. The summed E-state index contributed by atoms with van der Waals surface area (Å²) >= 11 is 0. The number of hydrogen-bond donors (Lipinski definition) is 2. The first-order chi connectivity index (χ1) is 11.8. The zero-order valence-corrected chi connectivity index (χ0v) is 13.5. The number of nitrogens with one attached hydrogen (secondary N) is 2. The lowest BCUT2D eigenvalue weighted by molar-refractivity contribution is -0.110. The van der Waals surface area contributed by atoms with Crippen LogP contribution in [0, 0.1) is 0 Å². The van der Waals surface area contributed by atoms with Crippen LogP contribution < -0.4 is 5.32 Å². The van der Waals surface area contributed by atoms with E-state index in [-0.39, 0.29) is 5.78 Å². The van der Waals surface area contributed by atoms with Gasteiger partial charge in [0, 0.05) is 5.70 Å². The minimum absolute atomic E-state index is 0.109. The zero-order valence-electron chi connectivity index (χ0n) is 13.5. The maximum atomic E-state index is 11.4. The summed E-state index contributed by atoms with van der Waals surface area (Å²) in [5, 5.41) is 14.4. The molecule has 0 spiro atoms. The summed E-state index contributed by atoms with van der Waals surface area (Å²) in [6, 6.07) is 5.83. The van der Waals surface area contributed by atoms with Crippen molar-refractivity contribution in [2.24, 2.45) is 0 Å². The lowest BCUT2D eigenvalue weighted by atomic mass is 9.96. The van der Waals surface area contributed by atoms with E-state index in [4.69, 9.17) is 0 Å². The van der Waals surface area contributed by atoms with Gasteiger partial charge in [0.25, 0.3) is 0 Å². The second-order valence-electron chi connectivity index (χ2n) is 5.64. The molecule has 3 rings (SSSR count). The molecule has 5 heteroatoms. The maximum Gasteiger partial charge on any atom is 0.178 e. The molecule has 5 nitrogen and oxygen atoms in total. The molecule has 2 aromatic rings. The Bertz CT molecular complexity index is 842. The van der Waals surface area contributed by atoms with Crippen molar-refractivity contribution >= 4 is 22.5 Å². The maximum absolute atomic E-state index is 11.4. The number of ketones is 1. The lowest BCUT2D eigenvalue weighted by Crippen LogP contribution is -2.06. The summed E-state index contributed by atoms with van der Waals surface area (Å²) in [6.45, 7) is 3.48. The van der Waals surface area contributed by atoms with Crippen LogP contribution in [0.3, 0.4) is 0 Å². The van der Waals surface area contributed by atoms with Gasteiger partial charge in [-0.3, -0.25) is 4.79 Å². The highest BCUT2D eigenvalue weighted by molar-refractivity contribution is 5.98. The Balaban J connectivity index is 1.92. The number of para-hydroxylation sites is 1. The normalized spacial score (nSPS) is 15.5. The molecule has 0 fully saturated rings. The Labute approximate surface area is 140 Å². The number of anilines is 1. The van der Waals surface area contributed by atoms with Gasteiger partial charge in [-0.25, -0.2) is 0 Å². The number of carbonyl (C=O) groups excluding carboxylic acids is 1. The molecule has 0 saturated heterocycles. The van der Waals surface area contributed by atoms with Crippen LogP contribution in [0.2, 0.25) is 0 Å². The molecule has 0 amide bonds. The van der Waals surface area contributed by atoms with Gasteiger partial charge >= 0.3 is 0 Å². The standard InChI is InChI=1S/C19H20N4O/c1-2-15(24)10-6-11-16(14-8-4-3-5-9-14)20-17-12-7-13-18-19(17)22-23-21-18/h2,6-8,10-13,20H,1,3-5,9H2,(H,21,22,23). The van der Waals surface area contributed by atoms with Crippen LogP contribution in [0.15, 0.2) is 66.4 Å². The van der Waals surface area contributed by atoms with E-state index in [1.807, 2.05) is 24.3 Å². The molecule has 1 aromatic heterocycles. The summed E-state index contributed by atoms with van der Waals surface area (Å²) in [5.74, 6) is -0.109. The van der Waals surface area contributed by atoms with Gasteiger partial charge in [-0.1, -0.05) is 24.8 Å². The molecular formula is C19H20N4O. The number of carbonyl (C=O) groups is 1. The Hall–Kier alpha value is -2.95. The van der Waals surface area contributed by atoms with Gasteiger partial charge in [0.2, 0.25) is 0 Å². The minimum atomic E-state index is -0.109. The van der Waals surface area contributed by atoms with Gasteiger partial charge in [-0.05, 0) is 61.6 Å². The van der Waals surface area contributed by atoms with Gasteiger partial charge in [0.15, 0.2) is 5.78 Å². The Morgan fingerprint density at radius 3 is 3.00 bits per heavy atom. The molecule has 1 aliphatic rings. The average molecular weight is 320 g/mol. The van der Waals surface area contributed by atoms with Crippen molar-refractivity contribution in [2.45, 2.75) is 25.7 Å². The number of rotatable bonds is 6. The third kappa shape index (κ3) is 3.68. The van der Waals surface area contributed by atoms with Crippen LogP contribution in [0.5, 0.6) is 0 Å². The molecule has 122 valence electrons. The molecule has 0 saturated carbocycles. The minimum Gasteiger partial charge on any atom is -0.353 e. The fourth-order valence-corrected chi connectivity index (χ4v) is 2.73. The topological polar surface area (TPSA) is 70.7 Å². The van der Waals surface area contributed by atoms with Crippen LogP contribution in [0.1, 0.15) is 25.7 Å². The Kier molecular flexibility index (Phi) is 5.01. The van der Waals surface area contributed by atoms with Crippen molar-refractivity contribution in [1.82, 2.24) is 15.4 Å². The summed E-state index contributed by atoms with van der Waals surface area (Å²) < 4.78 is 0. The fourth-order valence-electron chi connectivity index (χ4n) is 2.73. The highest BCUT2D eigenvalue weighted by Gasteiger charge is 2.11. The molecule has 0 atom stereocenters. The molecule has 24 heavy (non-hydrogen) atoms. The molecule has 0 radical (unpaired) electrons. The van der Waals surface area contributed by atoms with Gasteiger partial charge in [-0.15, -0.1) is 0 Å². The highest BCUT2D eigenvalue weighted by atomic mass is 16.1. The largest absolute Gasteiger partial charge is 0.353 e. The monoisotopic (exact) mass is 320 g/mol. The Morgan fingerprint density at radius 1 is 1.29 bits per heavy atom. The smallest absolute Gasteiger partial charge is 0.178 e. The van der Waals surface area contributed by atoms with Gasteiger partial charge in [0.1, 0.15) is 11.0 Å². The SMILES string of the molecule is C=CC(=O)C=CC=C(Nc1cccc2n[nH]nc12)C1=CCCCC1. The van der Waals surface area contributed by atoms with Crippen LogP contribution >= 0.6 is 0 Å². The molecule has 0 aliphatic heterocycles. The predicted molar refractivity (Wildman–Crippen MR) is 96.5 cm³/mol. The number of fused-ring (bicyclic) bond motifs is 1. The molecule has 1 heterocycles. The zero-order chi connectivity index (χ0) is 16.8. The second kappa shape index (κ2) is 7.55. The molecule has 0 unspecified atom stereocenters. The van der Waals surface area contributed by atoms with E-state index < -0.39 is 0 Å². The van der Waals surface area contributed by atoms with Gasteiger partial charge < -0.3 is 5.32 Å². The van der Waals surface area contributed by atoms with E-state index in [9.17, 15) is 4.79 Å². The molecule has 0 bridgehead atoms. The van der Waals surface area contributed by atoms with Crippen LogP contribution in [-0.4, -0.2) is 21.2 Å². The third-order valence-electron chi connectivity index (χ3n) is 3.98. The van der Waals surface area contributed by atoms with E-state index >= 15 is 0 Å². The summed E-state index contributed by atoms with van der Waals surface area (Å²) in [5.41, 5.74) is 4.75. The fraction of sp³-hybridized carbons (Fsp3) is 0.211. The van der Waals surface area contributed by atoms with Gasteiger partial charge in [-0.2, -0.15) is 15.4 Å². The first kappa shape index (κ1) is 15.9. The van der Waals surface area contributed by atoms with E-state index in [1.54, 1.807) is 6.08 Å². The number of aromatic nitrogens is 3. The molecular weight excluding hydrogens is 300 g/mol. The van der Waals surface area contributed by atoms with Crippen molar-refractivity contribution in [1.29, 1.82) is 0 Å². The first-order valence-corrected chi connectivity index (χ1v) is 8.08. The van der Waals surface area contributed by atoms with E-state index in [0.717, 1.165) is 35.3 Å². The summed E-state index contributed by atoms with van der Waals surface area (Å²) in [7, 11) is 0. The quantitative estimate of drug-likeness (QED) is 0.622. The van der Waals surface area contributed by atoms with Crippen molar-refractivity contribution < 1.29 is 4.79 Å². The predicted octanol–water partition coefficient (Wildman–Crippen LogP) is 4.07. The summed E-state index contributed by atoms with van der Waals surface area (Å²) in [6.07, 6.45) is 13.3. The highest BCUT2D eigenvalue weighted by Crippen LogP contribution is 2.27. The number of benzene rings is 1. The van der Waals surface area contributed by atoms with Crippen molar-refractivity contribution in [3.8, 4) is 0 Å². The van der Waals surface area contributed by atoms with E-state index in [0.29, 0.717) is 0 Å². The molecule has 1 aromatic carbocycles. The average Bonchev–Trinajstić information content (AvgIpc) is 3.11. The van der Waals surface area contributed by atoms with Crippen molar-refractivity contribution in [3.63, 3.8) is 0 Å². The Morgan fingerprint density at radius 2 is 2.21 bits per heavy atom. The van der Waals surface area contributed by atoms with Crippen LogP contribution in [0.4, 0.5) is 5.69 Å². The van der Waals surface area contributed by atoms with Crippen molar-refractivity contribution in [2.75, 3.05) is 5.32 Å². The van der Waals surface area contributed by atoms with Crippen LogP contribution in [0.25, 0.3) is 11.0 Å². The number of hydrogen-bond acceptors (Lipinski definition) is 4.